The third-order valence-corrected chi connectivity index (χ3v) is 5.59. The van der Waals surface area contributed by atoms with E-state index < -0.39 is 26.5 Å². The molecular weight excluding hydrogens is 413 g/mol. The Kier molecular flexibility index (Phi) is 20.0. The number of phosphoric ester groups is 1. The van der Waals surface area contributed by atoms with Gasteiger partial charge in [-0.15, -0.1) is 0 Å². The number of unbranched alkanes of at least 4 members (excludes halogenated alkanes) is 11. The molecule has 180 valence electrons. The molecule has 2 atom stereocenters. The van der Waals surface area contributed by atoms with E-state index in [0.717, 1.165) is 19.3 Å². The molecule has 0 saturated carbocycles. The van der Waals surface area contributed by atoms with Crippen LogP contribution in [-0.4, -0.2) is 48.6 Å². The van der Waals surface area contributed by atoms with E-state index in [1.807, 2.05) is 0 Å². The predicted molar refractivity (Wildman–Crippen MR) is 115 cm³/mol. The number of rotatable bonds is 22. The van der Waals surface area contributed by atoms with Gasteiger partial charge in [0.1, 0.15) is 6.61 Å². The molecule has 0 heterocycles. The fourth-order valence-electron chi connectivity index (χ4n) is 2.86. The Labute approximate surface area is 181 Å². The van der Waals surface area contributed by atoms with Crippen molar-refractivity contribution in [1.82, 2.24) is 0 Å². The van der Waals surface area contributed by atoms with E-state index >= 15 is 0 Å². The van der Waals surface area contributed by atoms with Crippen molar-refractivity contribution >= 4 is 13.8 Å². The lowest BCUT2D eigenvalue weighted by molar-refractivity contribution is -0.290. The van der Waals surface area contributed by atoms with Gasteiger partial charge in [-0.05, 0) is 6.42 Å². The Balaban J connectivity index is 3.61. The van der Waals surface area contributed by atoms with Crippen molar-refractivity contribution in [1.29, 1.82) is 0 Å². The molecule has 0 aromatic rings. The van der Waals surface area contributed by atoms with E-state index in [1.54, 1.807) is 0 Å². The van der Waals surface area contributed by atoms with Crippen LogP contribution in [0.3, 0.4) is 0 Å². The first-order chi connectivity index (χ1) is 14.4. The summed E-state index contributed by atoms with van der Waals surface area (Å²) in [6.07, 6.45) is 13.8. The smallest absolute Gasteiger partial charge is 0.463 e. The molecule has 0 aromatic carbocycles. The first-order valence-corrected chi connectivity index (χ1v) is 12.7. The van der Waals surface area contributed by atoms with Gasteiger partial charge in [0, 0.05) is 13.0 Å². The monoisotopic (exact) mass is 455 g/mol. The largest absolute Gasteiger partial charge is 0.472 e. The highest BCUT2D eigenvalue weighted by molar-refractivity contribution is 7.47. The first kappa shape index (κ1) is 29.5. The summed E-state index contributed by atoms with van der Waals surface area (Å²) in [6, 6.07) is 0. The first-order valence-electron chi connectivity index (χ1n) is 11.2. The minimum Gasteiger partial charge on any atom is -0.463 e. The molecule has 0 aliphatic rings. The maximum atomic E-state index is 11.7. The molecule has 10 heteroatoms. The predicted octanol–water partition coefficient (Wildman–Crippen LogP) is 4.57. The minimum atomic E-state index is -4.28. The van der Waals surface area contributed by atoms with Crippen LogP contribution in [-0.2, 0) is 28.0 Å². The van der Waals surface area contributed by atoms with Crippen LogP contribution in [0.1, 0.15) is 90.4 Å². The SMILES string of the molecule is CCCCCCCCCCCCCCC(=O)OC[C@H](COP(=O)(O)OCCN)OO. The fraction of sp³-hybridized carbons (Fsp3) is 0.950. The van der Waals surface area contributed by atoms with Crippen LogP contribution in [0.4, 0.5) is 0 Å². The van der Waals surface area contributed by atoms with Gasteiger partial charge in [-0.25, -0.2) is 9.45 Å². The number of carbonyl (C=O) groups excluding carboxylic acids is 1. The van der Waals surface area contributed by atoms with E-state index in [0.29, 0.717) is 0 Å². The van der Waals surface area contributed by atoms with Crippen LogP contribution in [0.15, 0.2) is 0 Å². The molecule has 30 heavy (non-hydrogen) atoms. The molecule has 0 aliphatic heterocycles. The van der Waals surface area contributed by atoms with Crippen molar-refractivity contribution in [3.05, 3.63) is 0 Å². The van der Waals surface area contributed by atoms with E-state index in [9.17, 15) is 14.3 Å². The summed E-state index contributed by atoms with van der Waals surface area (Å²) >= 11 is 0. The van der Waals surface area contributed by atoms with Crippen LogP contribution in [0, 0.1) is 0 Å². The van der Waals surface area contributed by atoms with Gasteiger partial charge in [-0.1, -0.05) is 77.6 Å². The zero-order chi connectivity index (χ0) is 22.5. The summed E-state index contributed by atoms with van der Waals surface area (Å²) in [6.45, 7) is 1.39. The molecule has 9 nitrogen and oxygen atoms in total. The van der Waals surface area contributed by atoms with E-state index in [2.05, 4.69) is 20.9 Å². The summed E-state index contributed by atoms with van der Waals surface area (Å²) in [5, 5.41) is 8.80. The van der Waals surface area contributed by atoms with Crippen LogP contribution < -0.4 is 5.73 Å². The van der Waals surface area contributed by atoms with E-state index in [1.165, 1.54) is 57.8 Å². The van der Waals surface area contributed by atoms with Crippen LogP contribution in [0.5, 0.6) is 0 Å². The maximum absolute atomic E-state index is 11.7. The molecule has 0 radical (unpaired) electrons. The van der Waals surface area contributed by atoms with Gasteiger partial charge in [-0.2, -0.15) is 0 Å². The van der Waals surface area contributed by atoms with Gasteiger partial charge >= 0.3 is 13.8 Å². The highest BCUT2D eigenvalue weighted by atomic mass is 31.2. The number of hydrogen-bond donors (Lipinski definition) is 3. The lowest BCUT2D eigenvalue weighted by Gasteiger charge is -2.16. The van der Waals surface area contributed by atoms with E-state index in [4.69, 9.17) is 15.7 Å². The Morgan fingerprint density at radius 1 is 0.900 bits per heavy atom. The van der Waals surface area contributed by atoms with E-state index in [-0.39, 0.29) is 26.2 Å². The summed E-state index contributed by atoms with van der Waals surface area (Å²) < 4.78 is 25.7. The summed E-state index contributed by atoms with van der Waals surface area (Å²) in [7, 11) is -4.28. The molecule has 4 N–H and O–H groups in total. The number of nitrogens with two attached hydrogens (primary N) is 1. The Hall–Kier alpha value is -0.540. The van der Waals surface area contributed by atoms with Crippen LogP contribution in [0.25, 0.3) is 0 Å². The molecule has 0 aliphatic carbocycles. The zero-order valence-electron chi connectivity index (χ0n) is 18.5. The number of hydrogen-bond acceptors (Lipinski definition) is 8. The van der Waals surface area contributed by atoms with Gasteiger partial charge in [0.05, 0.1) is 13.2 Å². The Bertz CT molecular complexity index is 453. The molecule has 0 rings (SSSR count). The van der Waals surface area contributed by atoms with Gasteiger partial charge in [-0.3, -0.25) is 19.1 Å². The summed E-state index contributed by atoms with van der Waals surface area (Å²) in [4.78, 5) is 25.2. The number of phosphoric acid groups is 1. The molecule has 0 saturated heterocycles. The fourth-order valence-corrected chi connectivity index (χ4v) is 3.63. The number of carbonyl (C=O) groups is 1. The van der Waals surface area contributed by atoms with Crippen molar-refractivity contribution in [3.8, 4) is 0 Å². The maximum Gasteiger partial charge on any atom is 0.472 e. The third-order valence-electron chi connectivity index (χ3n) is 4.61. The highest BCUT2D eigenvalue weighted by Gasteiger charge is 2.24. The molecule has 0 spiro atoms. The molecule has 0 aromatic heterocycles. The second-order valence-electron chi connectivity index (χ2n) is 7.44. The van der Waals surface area contributed by atoms with Gasteiger partial charge in [0.15, 0.2) is 6.10 Å². The van der Waals surface area contributed by atoms with Crippen LogP contribution in [0.2, 0.25) is 0 Å². The summed E-state index contributed by atoms with van der Waals surface area (Å²) in [5.41, 5.74) is 5.17. The molecular formula is C20H42NO8P. The van der Waals surface area contributed by atoms with Crippen molar-refractivity contribution < 1.29 is 38.2 Å². The highest BCUT2D eigenvalue weighted by Crippen LogP contribution is 2.42. The van der Waals surface area contributed by atoms with Gasteiger partial charge < -0.3 is 15.4 Å². The van der Waals surface area contributed by atoms with Crippen molar-refractivity contribution in [2.75, 3.05) is 26.4 Å². The Morgan fingerprint density at radius 2 is 1.43 bits per heavy atom. The average Bonchev–Trinajstić information content (AvgIpc) is 2.73. The minimum absolute atomic E-state index is 0.0601. The summed E-state index contributed by atoms with van der Waals surface area (Å²) in [5.74, 6) is -0.407. The topological polar surface area (TPSA) is 138 Å². The Morgan fingerprint density at radius 3 is 1.93 bits per heavy atom. The van der Waals surface area contributed by atoms with Crippen LogP contribution >= 0.6 is 7.82 Å². The van der Waals surface area contributed by atoms with Crippen molar-refractivity contribution in [2.24, 2.45) is 5.73 Å². The second-order valence-corrected chi connectivity index (χ2v) is 8.89. The molecule has 0 fully saturated rings. The third kappa shape index (κ3) is 19.4. The zero-order valence-corrected chi connectivity index (χ0v) is 19.4. The van der Waals surface area contributed by atoms with Crippen molar-refractivity contribution in [2.45, 2.75) is 96.5 Å². The lowest BCUT2D eigenvalue weighted by atomic mass is 10.0. The number of ether oxygens (including phenoxy) is 1. The molecule has 1 unspecified atom stereocenters. The average molecular weight is 456 g/mol. The molecule has 0 bridgehead atoms. The second kappa shape index (κ2) is 20.4. The van der Waals surface area contributed by atoms with Gasteiger partial charge in [0.25, 0.3) is 0 Å². The van der Waals surface area contributed by atoms with Gasteiger partial charge in [0.2, 0.25) is 0 Å². The number of esters is 1. The van der Waals surface area contributed by atoms with Crippen molar-refractivity contribution in [3.63, 3.8) is 0 Å². The molecule has 0 amide bonds. The standard InChI is InChI=1S/C20H42NO8P/c1-2-3-4-5-6-7-8-9-10-11-12-13-14-20(22)26-17-19(29-23)18-28-30(24,25)27-16-15-21/h19,23H,2-18,21H2,1H3,(H,24,25)/t19-/m1/s1. The quantitative estimate of drug-likeness (QED) is 0.0704. The normalized spacial score (nSPS) is 14.4. The lowest BCUT2D eigenvalue weighted by Crippen LogP contribution is -2.26.